The Balaban J connectivity index is 1.61. The predicted octanol–water partition coefficient (Wildman–Crippen LogP) is 3.11. The van der Waals surface area contributed by atoms with Crippen LogP contribution >= 0.6 is 0 Å². The maximum absolute atomic E-state index is 9.46. The monoisotopic (exact) mass is 404 g/mol. The number of nitrogens with zero attached hydrogens (tertiary/aromatic N) is 3. The third kappa shape index (κ3) is 4.06. The zero-order chi connectivity index (χ0) is 21.1. The third-order valence-corrected chi connectivity index (χ3v) is 5.11. The number of fused-ring (bicyclic) bond motifs is 1. The number of nitriles is 1. The lowest BCUT2D eigenvalue weighted by molar-refractivity contribution is 0.241. The minimum atomic E-state index is -0.0196. The molecule has 0 saturated heterocycles. The molecule has 2 N–H and O–H groups in total. The molecule has 0 radical (unpaired) electrons. The van der Waals surface area contributed by atoms with Gasteiger partial charge in [-0.1, -0.05) is 23.4 Å². The van der Waals surface area contributed by atoms with Crippen molar-refractivity contribution in [3.63, 3.8) is 0 Å². The zero-order valence-electron chi connectivity index (χ0n) is 17.1. The van der Waals surface area contributed by atoms with Gasteiger partial charge in [0.2, 0.25) is 5.82 Å². The SMILES string of the molecule is CC(C)Oc1ccc(-c2nc(-c3cccc4c3C[C@@H](NCCO)C4)no2)cc1C#N. The Morgan fingerprint density at radius 1 is 1.30 bits per heavy atom. The fraction of sp³-hybridized carbons (Fsp3) is 0.348. The van der Waals surface area contributed by atoms with E-state index in [2.05, 4.69) is 27.6 Å². The van der Waals surface area contributed by atoms with Crippen molar-refractivity contribution < 1.29 is 14.4 Å². The molecule has 7 nitrogen and oxygen atoms in total. The molecule has 0 saturated carbocycles. The average molecular weight is 404 g/mol. The van der Waals surface area contributed by atoms with Crippen LogP contribution in [0.1, 0.15) is 30.5 Å². The van der Waals surface area contributed by atoms with Crippen LogP contribution in [-0.2, 0) is 12.8 Å². The van der Waals surface area contributed by atoms with Gasteiger partial charge in [-0.3, -0.25) is 0 Å². The van der Waals surface area contributed by atoms with E-state index in [0.717, 1.165) is 18.4 Å². The first-order chi connectivity index (χ1) is 14.6. The molecule has 3 aromatic rings. The Morgan fingerprint density at radius 2 is 2.17 bits per heavy atom. The van der Waals surface area contributed by atoms with Crippen molar-refractivity contribution in [1.29, 1.82) is 5.26 Å². The lowest BCUT2D eigenvalue weighted by atomic mass is 10.0. The first kappa shape index (κ1) is 20.1. The van der Waals surface area contributed by atoms with Crippen LogP contribution in [0.3, 0.4) is 0 Å². The summed E-state index contributed by atoms with van der Waals surface area (Å²) in [6, 6.07) is 13.9. The molecule has 4 rings (SSSR count). The van der Waals surface area contributed by atoms with E-state index in [9.17, 15) is 5.26 Å². The molecule has 0 spiro atoms. The summed E-state index contributed by atoms with van der Waals surface area (Å²) in [6.07, 6.45) is 1.75. The molecule has 7 heteroatoms. The van der Waals surface area contributed by atoms with Crippen molar-refractivity contribution >= 4 is 0 Å². The molecule has 1 aliphatic rings. The largest absolute Gasteiger partial charge is 0.490 e. The van der Waals surface area contributed by atoms with Crippen molar-refractivity contribution in [1.82, 2.24) is 15.5 Å². The summed E-state index contributed by atoms with van der Waals surface area (Å²) in [7, 11) is 0. The van der Waals surface area contributed by atoms with Crippen molar-refractivity contribution in [2.75, 3.05) is 13.2 Å². The zero-order valence-corrected chi connectivity index (χ0v) is 17.1. The van der Waals surface area contributed by atoms with E-state index in [4.69, 9.17) is 14.4 Å². The van der Waals surface area contributed by atoms with E-state index in [0.29, 0.717) is 41.2 Å². The van der Waals surface area contributed by atoms with Crippen molar-refractivity contribution in [2.24, 2.45) is 0 Å². The van der Waals surface area contributed by atoms with Crippen molar-refractivity contribution in [3.8, 4) is 34.7 Å². The van der Waals surface area contributed by atoms with Gasteiger partial charge in [0.1, 0.15) is 11.8 Å². The quantitative estimate of drug-likeness (QED) is 0.623. The van der Waals surface area contributed by atoms with Gasteiger partial charge in [-0.05, 0) is 56.0 Å². The molecule has 30 heavy (non-hydrogen) atoms. The van der Waals surface area contributed by atoms with Crippen LogP contribution in [0.25, 0.3) is 22.8 Å². The Kier molecular flexibility index (Phi) is 5.79. The average Bonchev–Trinajstić information content (AvgIpc) is 3.39. The van der Waals surface area contributed by atoms with Gasteiger partial charge < -0.3 is 19.7 Å². The number of hydrogen-bond donors (Lipinski definition) is 2. The van der Waals surface area contributed by atoms with Gasteiger partial charge in [0.15, 0.2) is 0 Å². The van der Waals surface area contributed by atoms with Gasteiger partial charge in [-0.15, -0.1) is 0 Å². The van der Waals surface area contributed by atoms with Gasteiger partial charge in [0, 0.05) is 23.7 Å². The normalized spacial score (nSPS) is 15.2. The molecular weight excluding hydrogens is 380 g/mol. The Bertz CT molecular complexity index is 1080. The summed E-state index contributed by atoms with van der Waals surface area (Å²) in [4.78, 5) is 4.59. The molecule has 154 valence electrons. The second-order valence-electron chi connectivity index (χ2n) is 7.64. The molecule has 1 heterocycles. The maximum atomic E-state index is 9.46. The van der Waals surface area contributed by atoms with Crippen molar-refractivity contribution in [2.45, 2.75) is 38.8 Å². The minimum absolute atomic E-state index is 0.0196. The fourth-order valence-electron chi connectivity index (χ4n) is 3.83. The molecule has 1 atom stereocenters. The van der Waals surface area contributed by atoms with E-state index in [1.807, 2.05) is 32.0 Å². The highest BCUT2D eigenvalue weighted by molar-refractivity contribution is 5.67. The standard InChI is InChI=1S/C23H24N4O3/c1-14(2)29-21-7-6-16(10-17(21)13-24)23-26-22(27-30-23)19-5-3-4-15-11-18(12-20(15)19)25-8-9-28/h3-7,10,14,18,25,28H,8-9,11-12H2,1-2H3/t18-/m0/s1. The van der Waals surface area contributed by atoms with Gasteiger partial charge >= 0.3 is 0 Å². The topological polar surface area (TPSA) is 104 Å². The number of rotatable bonds is 7. The number of ether oxygens (including phenoxy) is 1. The Hall–Kier alpha value is -3.21. The van der Waals surface area contributed by atoms with E-state index < -0.39 is 0 Å². The number of hydrogen-bond acceptors (Lipinski definition) is 7. The van der Waals surface area contributed by atoms with Crippen LogP contribution < -0.4 is 10.1 Å². The van der Waals surface area contributed by atoms with Crippen LogP contribution in [0.2, 0.25) is 0 Å². The van der Waals surface area contributed by atoms with Crippen LogP contribution in [-0.4, -0.2) is 40.5 Å². The fourth-order valence-corrected chi connectivity index (χ4v) is 3.83. The highest BCUT2D eigenvalue weighted by Gasteiger charge is 2.25. The summed E-state index contributed by atoms with van der Waals surface area (Å²) >= 11 is 0. The number of nitrogens with one attached hydrogen (secondary N) is 1. The highest BCUT2D eigenvalue weighted by Crippen LogP contribution is 2.33. The molecule has 0 unspecified atom stereocenters. The maximum Gasteiger partial charge on any atom is 0.258 e. The molecule has 1 aromatic heterocycles. The Labute approximate surface area is 175 Å². The van der Waals surface area contributed by atoms with Crippen LogP contribution in [0, 0.1) is 11.3 Å². The summed E-state index contributed by atoms with van der Waals surface area (Å²) in [5.74, 6) is 1.44. The number of aliphatic hydroxyl groups excluding tert-OH is 1. The Morgan fingerprint density at radius 3 is 2.93 bits per heavy atom. The predicted molar refractivity (Wildman–Crippen MR) is 112 cm³/mol. The minimum Gasteiger partial charge on any atom is -0.490 e. The van der Waals surface area contributed by atoms with Crippen LogP contribution in [0.5, 0.6) is 5.75 Å². The molecule has 0 aliphatic heterocycles. The molecule has 0 bridgehead atoms. The number of aliphatic hydroxyl groups is 1. The van der Waals surface area contributed by atoms with Crippen LogP contribution in [0.4, 0.5) is 0 Å². The van der Waals surface area contributed by atoms with Gasteiger partial charge in [-0.25, -0.2) is 0 Å². The summed E-state index contributed by atoms with van der Waals surface area (Å²) in [5.41, 5.74) is 4.53. The molecule has 0 fully saturated rings. The first-order valence-corrected chi connectivity index (χ1v) is 10.1. The first-order valence-electron chi connectivity index (χ1n) is 10.1. The summed E-state index contributed by atoms with van der Waals surface area (Å²) in [5, 5.41) is 26.1. The lowest BCUT2D eigenvalue weighted by Gasteiger charge is -2.11. The molecule has 2 aromatic carbocycles. The van der Waals surface area contributed by atoms with Gasteiger partial charge in [0.25, 0.3) is 5.89 Å². The second-order valence-corrected chi connectivity index (χ2v) is 7.64. The second kappa shape index (κ2) is 8.66. The number of aromatic nitrogens is 2. The molecule has 0 amide bonds. The third-order valence-electron chi connectivity index (χ3n) is 5.11. The van der Waals surface area contributed by atoms with Gasteiger partial charge in [-0.2, -0.15) is 10.2 Å². The van der Waals surface area contributed by atoms with E-state index >= 15 is 0 Å². The van der Waals surface area contributed by atoms with Crippen molar-refractivity contribution in [3.05, 3.63) is 53.1 Å². The lowest BCUT2D eigenvalue weighted by Crippen LogP contribution is -2.31. The van der Waals surface area contributed by atoms with Crippen LogP contribution in [0.15, 0.2) is 40.9 Å². The smallest absolute Gasteiger partial charge is 0.258 e. The van der Waals surface area contributed by atoms with E-state index in [1.165, 1.54) is 11.1 Å². The van der Waals surface area contributed by atoms with Gasteiger partial charge in [0.05, 0.1) is 18.3 Å². The summed E-state index contributed by atoms with van der Waals surface area (Å²) < 4.78 is 11.2. The van der Waals surface area contributed by atoms with E-state index in [-0.39, 0.29) is 12.7 Å². The van der Waals surface area contributed by atoms with E-state index in [1.54, 1.807) is 12.1 Å². The summed E-state index contributed by atoms with van der Waals surface area (Å²) in [6.45, 7) is 4.54. The molecular formula is C23H24N4O3. The molecule has 1 aliphatic carbocycles. The number of benzene rings is 2. The highest BCUT2D eigenvalue weighted by atomic mass is 16.5.